The van der Waals surface area contributed by atoms with E-state index >= 15 is 0 Å². The lowest BCUT2D eigenvalue weighted by molar-refractivity contribution is -0.107. The van der Waals surface area contributed by atoms with Gasteiger partial charge in [0.05, 0.1) is 11.9 Å². The molecule has 0 fully saturated rings. The Morgan fingerprint density at radius 3 is 3.00 bits per heavy atom. The first-order valence-electron chi connectivity index (χ1n) is 4.95. The number of aromatic nitrogens is 2. The second-order valence-electron chi connectivity index (χ2n) is 3.52. The van der Waals surface area contributed by atoms with Crippen LogP contribution in [-0.4, -0.2) is 16.1 Å². The minimum absolute atomic E-state index is 0.417. The van der Waals surface area contributed by atoms with Crippen molar-refractivity contribution < 1.29 is 4.79 Å². The fraction of sp³-hybridized carbons (Fsp3) is 0.167. The molecule has 0 amide bonds. The maximum Gasteiger partial charge on any atom is 0.124 e. The lowest BCUT2D eigenvalue weighted by Gasteiger charge is -2.05. The van der Waals surface area contributed by atoms with E-state index in [2.05, 4.69) is 21.0 Å². The average molecular weight is 279 g/mol. The van der Waals surface area contributed by atoms with Gasteiger partial charge in [0.15, 0.2) is 0 Å². The Bertz CT molecular complexity index is 519. The van der Waals surface area contributed by atoms with Crippen LogP contribution in [0.2, 0.25) is 0 Å². The minimum Gasteiger partial charge on any atom is -0.303 e. The predicted molar refractivity (Wildman–Crippen MR) is 65.8 cm³/mol. The van der Waals surface area contributed by atoms with E-state index in [9.17, 15) is 4.79 Å². The van der Waals surface area contributed by atoms with E-state index in [0.717, 1.165) is 27.7 Å². The van der Waals surface area contributed by atoms with Gasteiger partial charge in [-0.05, 0) is 25.1 Å². The molecule has 0 aliphatic carbocycles. The van der Waals surface area contributed by atoms with E-state index in [1.807, 2.05) is 35.9 Å². The SMILES string of the molecule is Cc1c(CC=O)cnn1-c1cccc(Br)c1. The Kier molecular flexibility index (Phi) is 3.19. The van der Waals surface area contributed by atoms with Crippen molar-refractivity contribution in [3.05, 3.63) is 46.2 Å². The van der Waals surface area contributed by atoms with E-state index in [4.69, 9.17) is 0 Å². The Hall–Kier alpha value is -1.42. The van der Waals surface area contributed by atoms with Crippen molar-refractivity contribution in [1.82, 2.24) is 9.78 Å². The molecular formula is C12H11BrN2O. The van der Waals surface area contributed by atoms with Gasteiger partial charge in [0.2, 0.25) is 0 Å². The molecule has 2 rings (SSSR count). The Morgan fingerprint density at radius 1 is 1.50 bits per heavy atom. The lowest BCUT2D eigenvalue weighted by atomic mass is 10.2. The normalized spacial score (nSPS) is 10.4. The molecule has 0 aliphatic rings. The Morgan fingerprint density at radius 2 is 2.31 bits per heavy atom. The third kappa shape index (κ3) is 2.07. The Balaban J connectivity index is 2.44. The van der Waals surface area contributed by atoms with Gasteiger partial charge in [0.25, 0.3) is 0 Å². The molecule has 0 N–H and O–H groups in total. The molecule has 1 heterocycles. The molecule has 2 aromatic rings. The zero-order valence-electron chi connectivity index (χ0n) is 8.85. The van der Waals surface area contributed by atoms with Crippen molar-refractivity contribution in [2.75, 3.05) is 0 Å². The summed E-state index contributed by atoms with van der Waals surface area (Å²) in [6.07, 6.45) is 3.06. The van der Waals surface area contributed by atoms with Crippen molar-refractivity contribution in [3.8, 4) is 5.69 Å². The van der Waals surface area contributed by atoms with Crippen LogP contribution in [0.25, 0.3) is 5.69 Å². The van der Waals surface area contributed by atoms with Gasteiger partial charge in [-0.1, -0.05) is 22.0 Å². The molecule has 1 aromatic carbocycles. The van der Waals surface area contributed by atoms with Gasteiger partial charge < -0.3 is 4.79 Å². The molecule has 0 bridgehead atoms. The number of hydrogen-bond donors (Lipinski definition) is 0. The van der Waals surface area contributed by atoms with Gasteiger partial charge in [0, 0.05) is 22.2 Å². The number of benzene rings is 1. The highest BCUT2D eigenvalue weighted by molar-refractivity contribution is 9.10. The van der Waals surface area contributed by atoms with Gasteiger partial charge >= 0.3 is 0 Å². The van der Waals surface area contributed by atoms with E-state index in [-0.39, 0.29) is 0 Å². The second kappa shape index (κ2) is 4.61. The number of hydrogen-bond acceptors (Lipinski definition) is 2. The molecule has 0 spiro atoms. The summed E-state index contributed by atoms with van der Waals surface area (Å²) in [5, 5.41) is 4.28. The molecular weight excluding hydrogens is 268 g/mol. The monoisotopic (exact) mass is 278 g/mol. The quantitative estimate of drug-likeness (QED) is 0.810. The largest absolute Gasteiger partial charge is 0.303 e. The number of carbonyl (C=O) groups is 1. The summed E-state index contributed by atoms with van der Waals surface area (Å²) >= 11 is 3.42. The van der Waals surface area contributed by atoms with Crippen LogP contribution in [-0.2, 0) is 11.2 Å². The number of halogens is 1. The van der Waals surface area contributed by atoms with Crippen molar-refractivity contribution >= 4 is 22.2 Å². The van der Waals surface area contributed by atoms with Crippen LogP contribution in [0, 0.1) is 6.92 Å². The van der Waals surface area contributed by atoms with Gasteiger partial charge in [-0.2, -0.15) is 5.10 Å². The third-order valence-electron chi connectivity index (χ3n) is 2.47. The molecule has 4 heteroatoms. The molecule has 0 saturated heterocycles. The predicted octanol–water partition coefficient (Wildman–Crippen LogP) is 2.68. The van der Waals surface area contributed by atoms with Crippen LogP contribution in [0.3, 0.4) is 0 Å². The van der Waals surface area contributed by atoms with Gasteiger partial charge in [-0.15, -0.1) is 0 Å². The lowest BCUT2D eigenvalue weighted by Crippen LogP contribution is -1.99. The van der Waals surface area contributed by atoms with Crippen LogP contribution < -0.4 is 0 Å². The Labute approximate surface area is 102 Å². The number of carbonyl (C=O) groups excluding carboxylic acids is 1. The molecule has 82 valence electrons. The molecule has 0 radical (unpaired) electrons. The maximum atomic E-state index is 10.5. The van der Waals surface area contributed by atoms with Crippen molar-refractivity contribution in [1.29, 1.82) is 0 Å². The van der Waals surface area contributed by atoms with E-state index in [0.29, 0.717) is 6.42 Å². The molecule has 0 saturated carbocycles. The van der Waals surface area contributed by atoms with Crippen LogP contribution in [0.15, 0.2) is 34.9 Å². The first-order valence-corrected chi connectivity index (χ1v) is 5.74. The van der Waals surface area contributed by atoms with Crippen LogP contribution in [0.4, 0.5) is 0 Å². The second-order valence-corrected chi connectivity index (χ2v) is 4.43. The number of aldehydes is 1. The topological polar surface area (TPSA) is 34.9 Å². The smallest absolute Gasteiger partial charge is 0.124 e. The summed E-state index contributed by atoms with van der Waals surface area (Å²) in [5.74, 6) is 0. The first kappa shape index (κ1) is 11.1. The molecule has 0 unspecified atom stereocenters. The third-order valence-corrected chi connectivity index (χ3v) is 2.96. The molecule has 3 nitrogen and oxygen atoms in total. The molecule has 16 heavy (non-hydrogen) atoms. The number of rotatable bonds is 3. The standard InChI is InChI=1S/C12H11BrN2O/c1-9-10(5-6-16)8-14-15(9)12-4-2-3-11(13)7-12/h2-4,6-8H,5H2,1H3. The fourth-order valence-electron chi connectivity index (χ4n) is 1.60. The summed E-state index contributed by atoms with van der Waals surface area (Å²) in [7, 11) is 0. The minimum atomic E-state index is 0.417. The van der Waals surface area contributed by atoms with Gasteiger partial charge in [-0.25, -0.2) is 4.68 Å². The zero-order chi connectivity index (χ0) is 11.5. The highest BCUT2D eigenvalue weighted by Crippen LogP contribution is 2.18. The van der Waals surface area contributed by atoms with Crippen molar-refractivity contribution in [3.63, 3.8) is 0 Å². The summed E-state index contributed by atoms with van der Waals surface area (Å²) in [4.78, 5) is 10.5. The first-order chi connectivity index (χ1) is 7.72. The summed E-state index contributed by atoms with van der Waals surface area (Å²) in [6.45, 7) is 1.97. The van der Waals surface area contributed by atoms with E-state index in [1.54, 1.807) is 6.20 Å². The molecule has 0 aliphatic heterocycles. The average Bonchev–Trinajstić information content (AvgIpc) is 2.61. The molecule has 0 atom stereocenters. The van der Waals surface area contributed by atoms with Crippen molar-refractivity contribution in [2.24, 2.45) is 0 Å². The van der Waals surface area contributed by atoms with Crippen molar-refractivity contribution in [2.45, 2.75) is 13.3 Å². The van der Waals surface area contributed by atoms with E-state index in [1.165, 1.54) is 0 Å². The van der Waals surface area contributed by atoms with Crippen LogP contribution in [0.1, 0.15) is 11.3 Å². The van der Waals surface area contributed by atoms with Crippen LogP contribution >= 0.6 is 15.9 Å². The maximum absolute atomic E-state index is 10.5. The van der Waals surface area contributed by atoms with Gasteiger partial charge in [-0.3, -0.25) is 0 Å². The summed E-state index contributed by atoms with van der Waals surface area (Å²) in [6, 6.07) is 7.90. The summed E-state index contributed by atoms with van der Waals surface area (Å²) in [5.41, 5.74) is 2.96. The van der Waals surface area contributed by atoms with Crippen LogP contribution in [0.5, 0.6) is 0 Å². The zero-order valence-corrected chi connectivity index (χ0v) is 10.4. The molecule has 1 aromatic heterocycles. The van der Waals surface area contributed by atoms with E-state index < -0.39 is 0 Å². The highest BCUT2D eigenvalue weighted by Gasteiger charge is 2.07. The fourth-order valence-corrected chi connectivity index (χ4v) is 1.99. The highest BCUT2D eigenvalue weighted by atomic mass is 79.9. The summed E-state index contributed by atoms with van der Waals surface area (Å²) < 4.78 is 2.85. The van der Waals surface area contributed by atoms with Gasteiger partial charge in [0.1, 0.15) is 6.29 Å². The number of nitrogens with zero attached hydrogens (tertiary/aromatic N) is 2.